The Hall–Kier alpha value is -1.79. The van der Waals surface area contributed by atoms with Crippen molar-refractivity contribution in [2.75, 3.05) is 6.54 Å². The first-order chi connectivity index (χ1) is 9.36. The van der Waals surface area contributed by atoms with Crippen molar-refractivity contribution in [2.45, 2.75) is 19.4 Å². The quantitative estimate of drug-likeness (QED) is 0.773. The molecule has 1 atom stereocenters. The Labute approximate surface area is 115 Å². The molecule has 3 rings (SSSR count). The lowest BCUT2D eigenvalue weighted by molar-refractivity contribution is 0.531. The summed E-state index contributed by atoms with van der Waals surface area (Å²) in [5.74, 6) is 0. The highest BCUT2D eigenvalue weighted by atomic mass is 32.1. The molecule has 3 aromatic rings. The van der Waals surface area contributed by atoms with Gasteiger partial charge in [0.15, 0.2) is 4.96 Å². The van der Waals surface area contributed by atoms with Gasteiger partial charge in [-0.2, -0.15) is 0 Å². The summed E-state index contributed by atoms with van der Waals surface area (Å²) in [5.41, 5.74) is 2.09. The molecular formula is C13H15N5S. The van der Waals surface area contributed by atoms with Crippen LogP contribution in [0.5, 0.6) is 0 Å². The van der Waals surface area contributed by atoms with E-state index in [9.17, 15) is 0 Å². The molecular weight excluding hydrogens is 258 g/mol. The highest BCUT2D eigenvalue weighted by molar-refractivity contribution is 7.15. The van der Waals surface area contributed by atoms with Gasteiger partial charge >= 0.3 is 0 Å². The van der Waals surface area contributed by atoms with E-state index in [4.69, 9.17) is 0 Å². The maximum atomic E-state index is 4.62. The summed E-state index contributed by atoms with van der Waals surface area (Å²) in [6.07, 6.45) is 8.31. The number of hydrogen-bond donors (Lipinski definition) is 1. The van der Waals surface area contributed by atoms with E-state index in [1.54, 1.807) is 23.9 Å². The molecule has 0 radical (unpaired) electrons. The minimum absolute atomic E-state index is 0.178. The Morgan fingerprint density at radius 2 is 2.42 bits per heavy atom. The predicted octanol–water partition coefficient (Wildman–Crippen LogP) is 2.08. The van der Waals surface area contributed by atoms with Gasteiger partial charge in [-0.05, 0) is 12.6 Å². The van der Waals surface area contributed by atoms with Gasteiger partial charge in [-0.3, -0.25) is 4.40 Å². The van der Waals surface area contributed by atoms with Crippen molar-refractivity contribution in [3.8, 4) is 0 Å². The molecule has 6 heteroatoms. The third-order valence-corrected chi connectivity index (χ3v) is 3.74. The van der Waals surface area contributed by atoms with E-state index in [1.165, 1.54) is 0 Å². The van der Waals surface area contributed by atoms with Crippen molar-refractivity contribution in [1.29, 1.82) is 0 Å². The zero-order chi connectivity index (χ0) is 13.1. The summed E-state index contributed by atoms with van der Waals surface area (Å²) in [6, 6.07) is 2.13. The number of imidazole rings is 1. The molecule has 1 N–H and O–H groups in total. The average Bonchev–Trinajstić information content (AvgIpc) is 3.00. The van der Waals surface area contributed by atoms with Crippen LogP contribution < -0.4 is 5.32 Å². The van der Waals surface area contributed by atoms with Crippen molar-refractivity contribution in [3.05, 3.63) is 47.8 Å². The lowest BCUT2D eigenvalue weighted by atomic mass is 10.1. The Morgan fingerprint density at radius 3 is 3.16 bits per heavy atom. The highest BCUT2D eigenvalue weighted by Crippen LogP contribution is 2.18. The first-order valence-corrected chi connectivity index (χ1v) is 7.15. The fourth-order valence-electron chi connectivity index (χ4n) is 2.12. The normalized spacial score (nSPS) is 12.9. The lowest BCUT2D eigenvalue weighted by Gasteiger charge is -2.15. The third kappa shape index (κ3) is 2.64. The highest BCUT2D eigenvalue weighted by Gasteiger charge is 2.14. The van der Waals surface area contributed by atoms with Crippen LogP contribution in [0.1, 0.15) is 24.4 Å². The fraction of sp³-hybridized carbons (Fsp3) is 0.308. The Morgan fingerprint density at radius 1 is 1.47 bits per heavy atom. The maximum Gasteiger partial charge on any atom is 0.193 e. The van der Waals surface area contributed by atoms with Crippen LogP contribution >= 0.6 is 11.3 Å². The topological polar surface area (TPSA) is 55.1 Å². The number of fused-ring (bicyclic) bond motifs is 1. The Balaban J connectivity index is 1.83. The molecule has 3 aromatic heterocycles. The smallest absolute Gasteiger partial charge is 0.193 e. The van der Waals surface area contributed by atoms with Gasteiger partial charge in [-0.25, -0.2) is 15.0 Å². The zero-order valence-electron chi connectivity index (χ0n) is 10.7. The van der Waals surface area contributed by atoms with Crippen molar-refractivity contribution < 1.29 is 0 Å². The molecule has 0 fully saturated rings. The summed E-state index contributed by atoms with van der Waals surface area (Å²) in [6.45, 7) is 3.00. The minimum Gasteiger partial charge on any atom is -0.309 e. The van der Waals surface area contributed by atoms with Crippen LogP contribution in [0.4, 0.5) is 0 Å². The molecule has 0 saturated heterocycles. The first kappa shape index (κ1) is 12.3. The molecule has 98 valence electrons. The van der Waals surface area contributed by atoms with E-state index >= 15 is 0 Å². The largest absolute Gasteiger partial charge is 0.309 e. The number of rotatable bonds is 5. The van der Waals surface area contributed by atoms with Crippen LogP contribution in [0.15, 0.2) is 36.4 Å². The second-order valence-corrected chi connectivity index (χ2v) is 5.15. The second kappa shape index (κ2) is 5.46. The van der Waals surface area contributed by atoms with Gasteiger partial charge < -0.3 is 5.32 Å². The van der Waals surface area contributed by atoms with Gasteiger partial charge in [0.1, 0.15) is 6.33 Å². The summed E-state index contributed by atoms with van der Waals surface area (Å²) >= 11 is 1.65. The van der Waals surface area contributed by atoms with Crippen LogP contribution in [0.25, 0.3) is 4.96 Å². The number of nitrogens with one attached hydrogen (secondary N) is 1. The number of likely N-dealkylation sites (N-methyl/N-ethyl adjacent to an activating group) is 1. The molecule has 0 aliphatic carbocycles. The standard InChI is InChI=1S/C13H15N5S/c1-2-15-12(11-3-4-14-9-16-11)7-10-8-18-5-6-19-13(18)17-10/h3-6,8-9,12,15H,2,7H2,1H3. The third-order valence-electron chi connectivity index (χ3n) is 2.97. The summed E-state index contributed by atoms with van der Waals surface area (Å²) < 4.78 is 2.06. The van der Waals surface area contributed by atoms with E-state index in [-0.39, 0.29) is 6.04 Å². The van der Waals surface area contributed by atoms with Gasteiger partial charge in [-0.15, -0.1) is 11.3 Å². The number of hydrogen-bond acceptors (Lipinski definition) is 5. The van der Waals surface area contributed by atoms with Crippen LogP contribution in [-0.4, -0.2) is 25.9 Å². The van der Waals surface area contributed by atoms with Crippen molar-refractivity contribution in [3.63, 3.8) is 0 Å². The molecule has 0 aliphatic heterocycles. The summed E-state index contributed by atoms with van der Waals surface area (Å²) in [5, 5.41) is 5.49. The van der Waals surface area contributed by atoms with Gasteiger partial charge in [-0.1, -0.05) is 6.92 Å². The van der Waals surface area contributed by atoms with Crippen molar-refractivity contribution in [2.24, 2.45) is 0 Å². The summed E-state index contributed by atoms with van der Waals surface area (Å²) in [7, 11) is 0. The van der Waals surface area contributed by atoms with Crippen LogP contribution in [0, 0.1) is 0 Å². The monoisotopic (exact) mass is 273 g/mol. The van der Waals surface area contributed by atoms with E-state index in [0.717, 1.165) is 29.3 Å². The maximum absolute atomic E-state index is 4.62. The predicted molar refractivity (Wildman–Crippen MR) is 75.2 cm³/mol. The lowest BCUT2D eigenvalue weighted by Crippen LogP contribution is -2.24. The fourth-order valence-corrected chi connectivity index (χ4v) is 2.84. The van der Waals surface area contributed by atoms with E-state index < -0.39 is 0 Å². The SMILES string of the molecule is CCNC(Cc1cn2ccsc2n1)c1ccncn1. The molecule has 3 heterocycles. The Kier molecular flexibility index (Phi) is 3.52. The zero-order valence-corrected chi connectivity index (χ0v) is 11.5. The molecule has 0 amide bonds. The molecule has 0 bridgehead atoms. The van der Waals surface area contributed by atoms with Gasteiger partial charge in [0.25, 0.3) is 0 Å². The minimum atomic E-state index is 0.178. The second-order valence-electron chi connectivity index (χ2n) is 4.27. The van der Waals surface area contributed by atoms with E-state index in [2.05, 4.69) is 37.8 Å². The molecule has 5 nitrogen and oxygen atoms in total. The number of thiazole rings is 1. The first-order valence-electron chi connectivity index (χ1n) is 6.27. The van der Waals surface area contributed by atoms with Crippen molar-refractivity contribution in [1.82, 2.24) is 24.7 Å². The molecule has 0 spiro atoms. The van der Waals surface area contributed by atoms with Gasteiger partial charge in [0, 0.05) is 30.4 Å². The molecule has 0 aliphatic rings. The van der Waals surface area contributed by atoms with E-state index in [1.807, 2.05) is 17.6 Å². The number of aromatic nitrogens is 4. The Bertz CT molecular complexity index is 617. The van der Waals surface area contributed by atoms with Gasteiger partial charge in [0.2, 0.25) is 0 Å². The van der Waals surface area contributed by atoms with E-state index in [0.29, 0.717) is 0 Å². The molecule has 19 heavy (non-hydrogen) atoms. The van der Waals surface area contributed by atoms with Crippen LogP contribution in [0.2, 0.25) is 0 Å². The van der Waals surface area contributed by atoms with Crippen LogP contribution in [-0.2, 0) is 6.42 Å². The van der Waals surface area contributed by atoms with Crippen molar-refractivity contribution >= 4 is 16.3 Å². The molecule has 0 aromatic carbocycles. The molecule has 1 unspecified atom stereocenters. The summed E-state index contributed by atoms with van der Waals surface area (Å²) in [4.78, 5) is 13.9. The van der Waals surface area contributed by atoms with Crippen LogP contribution in [0.3, 0.4) is 0 Å². The van der Waals surface area contributed by atoms with Gasteiger partial charge in [0.05, 0.1) is 17.4 Å². The number of nitrogens with zero attached hydrogens (tertiary/aromatic N) is 4. The molecule has 0 saturated carbocycles. The average molecular weight is 273 g/mol.